The van der Waals surface area contributed by atoms with Gasteiger partial charge in [-0.05, 0) is 43.0 Å². The van der Waals surface area contributed by atoms with Crippen molar-refractivity contribution in [2.75, 3.05) is 6.54 Å². The molecule has 0 saturated carbocycles. The van der Waals surface area contributed by atoms with E-state index >= 15 is 0 Å². The number of pyridine rings is 1. The molecule has 0 radical (unpaired) electrons. The Balaban J connectivity index is 1.76. The number of ether oxygens (including phenoxy) is 1. The normalized spacial score (nSPS) is 18.3. The average molecular weight is 282 g/mol. The van der Waals surface area contributed by atoms with E-state index in [9.17, 15) is 4.79 Å². The summed E-state index contributed by atoms with van der Waals surface area (Å²) in [4.78, 5) is 18.4. The predicted molar refractivity (Wildman–Crippen MR) is 80.0 cm³/mol. The fourth-order valence-electron chi connectivity index (χ4n) is 2.72. The molecule has 1 aliphatic heterocycles. The summed E-state index contributed by atoms with van der Waals surface area (Å²) in [6, 6.07) is 13.2. The fraction of sp³-hybridized carbons (Fsp3) is 0.294. The number of aromatic nitrogens is 1. The van der Waals surface area contributed by atoms with Gasteiger partial charge < -0.3 is 9.64 Å². The highest BCUT2D eigenvalue weighted by Gasteiger charge is 2.29. The summed E-state index contributed by atoms with van der Waals surface area (Å²) in [5, 5.41) is 0. The molecular formula is C17H18N2O2. The highest BCUT2D eigenvalue weighted by Crippen LogP contribution is 2.31. The number of carbonyl (C=O) groups is 1. The van der Waals surface area contributed by atoms with Crippen LogP contribution in [0.25, 0.3) is 0 Å². The van der Waals surface area contributed by atoms with E-state index < -0.39 is 0 Å². The summed E-state index contributed by atoms with van der Waals surface area (Å²) in [6.45, 7) is 0.727. The van der Waals surface area contributed by atoms with Crippen LogP contribution in [0.15, 0.2) is 54.9 Å². The minimum atomic E-state index is -0.283. The Kier molecular flexibility index (Phi) is 4.15. The Morgan fingerprint density at radius 1 is 1.14 bits per heavy atom. The third kappa shape index (κ3) is 3.21. The molecule has 2 heterocycles. The molecule has 1 amide bonds. The summed E-state index contributed by atoms with van der Waals surface area (Å²) in [7, 11) is 0. The predicted octanol–water partition coefficient (Wildman–Crippen LogP) is 3.81. The smallest absolute Gasteiger partial charge is 0.410 e. The molecule has 1 unspecified atom stereocenters. The number of hydrogen-bond acceptors (Lipinski definition) is 3. The number of piperidine rings is 1. The zero-order valence-electron chi connectivity index (χ0n) is 11.8. The van der Waals surface area contributed by atoms with Crippen molar-refractivity contribution >= 4 is 6.09 Å². The average Bonchev–Trinajstić information content (AvgIpc) is 2.56. The van der Waals surface area contributed by atoms with Gasteiger partial charge in [0, 0.05) is 18.9 Å². The second kappa shape index (κ2) is 6.39. The number of benzene rings is 1. The van der Waals surface area contributed by atoms with Crippen molar-refractivity contribution < 1.29 is 9.53 Å². The number of rotatable bonds is 2. The maximum absolute atomic E-state index is 12.4. The molecular weight excluding hydrogens is 264 g/mol. The van der Waals surface area contributed by atoms with Crippen LogP contribution in [0.3, 0.4) is 0 Å². The van der Waals surface area contributed by atoms with Gasteiger partial charge >= 0.3 is 6.09 Å². The zero-order chi connectivity index (χ0) is 14.5. The molecule has 4 heteroatoms. The van der Waals surface area contributed by atoms with Crippen LogP contribution in [0.5, 0.6) is 5.75 Å². The van der Waals surface area contributed by atoms with Gasteiger partial charge in [0.25, 0.3) is 0 Å². The van der Waals surface area contributed by atoms with Crippen LogP contribution < -0.4 is 4.74 Å². The van der Waals surface area contributed by atoms with Gasteiger partial charge in [-0.2, -0.15) is 0 Å². The third-order valence-corrected chi connectivity index (χ3v) is 3.75. The molecule has 0 spiro atoms. The minimum Gasteiger partial charge on any atom is -0.410 e. The molecule has 1 saturated heterocycles. The van der Waals surface area contributed by atoms with Crippen LogP contribution >= 0.6 is 0 Å². The number of para-hydroxylation sites is 1. The molecule has 1 aromatic carbocycles. The number of amides is 1. The second-order valence-corrected chi connectivity index (χ2v) is 5.17. The van der Waals surface area contributed by atoms with E-state index in [4.69, 9.17) is 4.74 Å². The zero-order valence-corrected chi connectivity index (χ0v) is 11.8. The number of carbonyl (C=O) groups excluding carboxylic acids is 1. The maximum atomic E-state index is 12.4. The molecule has 21 heavy (non-hydrogen) atoms. The molecule has 1 aliphatic rings. The Hall–Kier alpha value is -2.36. The number of hydrogen-bond donors (Lipinski definition) is 0. The molecule has 1 aromatic heterocycles. The van der Waals surface area contributed by atoms with Crippen molar-refractivity contribution in [1.29, 1.82) is 0 Å². The van der Waals surface area contributed by atoms with Crippen molar-refractivity contribution in [3.8, 4) is 5.75 Å². The van der Waals surface area contributed by atoms with Gasteiger partial charge in [-0.3, -0.25) is 4.98 Å². The fourth-order valence-corrected chi connectivity index (χ4v) is 2.72. The quantitative estimate of drug-likeness (QED) is 0.841. The van der Waals surface area contributed by atoms with Gasteiger partial charge in [-0.15, -0.1) is 0 Å². The monoisotopic (exact) mass is 282 g/mol. The SMILES string of the molecule is O=C(Oc1ccccc1)N1CCCCC1c1cccnc1. The Labute approximate surface area is 124 Å². The van der Waals surface area contributed by atoms with Crippen molar-refractivity contribution in [1.82, 2.24) is 9.88 Å². The van der Waals surface area contributed by atoms with Crippen molar-refractivity contribution in [3.05, 3.63) is 60.4 Å². The van der Waals surface area contributed by atoms with E-state index in [-0.39, 0.29) is 12.1 Å². The van der Waals surface area contributed by atoms with Gasteiger partial charge in [-0.25, -0.2) is 4.79 Å². The van der Waals surface area contributed by atoms with Gasteiger partial charge in [0.2, 0.25) is 0 Å². The Morgan fingerprint density at radius 2 is 2.00 bits per heavy atom. The Bertz CT molecular complexity index is 586. The first-order valence-electron chi connectivity index (χ1n) is 7.28. The maximum Gasteiger partial charge on any atom is 0.415 e. The first kappa shape index (κ1) is 13.6. The van der Waals surface area contributed by atoms with E-state index in [2.05, 4.69) is 4.98 Å². The minimum absolute atomic E-state index is 0.0589. The van der Waals surface area contributed by atoms with E-state index in [1.54, 1.807) is 18.3 Å². The molecule has 0 aliphatic carbocycles. The van der Waals surface area contributed by atoms with Gasteiger partial charge in [0.1, 0.15) is 5.75 Å². The van der Waals surface area contributed by atoms with E-state index in [1.807, 2.05) is 41.4 Å². The molecule has 4 nitrogen and oxygen atoms in total. The van der Waals surface area contributed by atoms with Gasteiger partial charge in [0.05, 0.1) is 6.04 Å². The summed E-state index contributed by atoms with van der Waals surface area (Å²) < 4.78 is 5.47. The topological polar surface area (TPSA) is 42.4 Å². The molecule has 0 bridgehead atoms. The van der Waals surface area contributed by atoms with Crippen molar-refractivity contribution in [2.24, 2.45) is 0 Å². The molecule has 0 N–H and O–H groups in total. The highest BCUT2D eigenvalue weighted by atomic mass is 16.6. The summed E-state index contributed by atoms with van der Waals surface area (Å²) in [6.07, 6.45) is 6.39. The van der Waals surface area contributed by atoms with Crippen LogP contribution in [-0.2, 0) is 0 Å². The summed E-state index contributed by atoms with van der Waals surface area (Å²) in [5.74, 6) is 0.581. The first-order valence-corrected chi connectivity index (χ1v) is 7.28. The van der Waals surface area contributed by atoms with Gasteiger partial charge in [-0.1, -0.05) is 24.3 Å². The molecule has 1 atom stereocenters. The van der Waals surface area contributed by atoms with Crippen LogP contribution in [0.4, 0.5) is 4.79 Å². The lowest BCUT2D eigenvalue weighted by molar-refractivity contribution is 0.113. The van der Waals surface area contributed by atoms with Crippen LogP contribution in [0.1, 0.15) is 30.9 Å². The summed E-state index contributed by atoms with van der Waals surface area (Å²) in [5.41, 5.74) is 1.07. The first-order chi connectivity index (χ1) is 10.3. The van der Waals surface area contributed by atoms with E-state index in [1.165, 1.54) is 0 Å². The van der Waals surface area contributed by atoms with Crippen molar-refractivity contribution in [3.63, 3.8) is 0 Å². The lowest BCUT2D eigenvalue weighted by Crippen LogP contribution is -2.40. The standard InChI is InChI=1S/C17H18N2O2/c20-17(21-15-8-2-1-3-9-15)19-12-5-4-10-16(19)14-7-6-11-18-13-14/h1-3,6-9,11,13,16H,4-5,10,12H2. The van der Waals surface area contributed by atoms with E-state index in [0.29, 0.717) is 5.75 Å². The molecule has 108 valence electrons. The van der Waals surface area contributed by atoms with Gasteiger partial charge in [0.15, 0.2) is 0 Å². The summed E-state index contributed by atoms with van der Waals surface area (Å²) >= 11 is 0. The number of nitrogens with zero attached hydrogens (tertiary/aromatic N) is 2. The van der Waals surface area contributed by atoms with Crippen LogP contribution in [0, 0.1) is 0 Å². The van der Waals surface area contributed by atoms with E-state index in [0.717, 1.165) is 31.4 Å². The highest BCUT2D eigenvalue weighted by molar-refractivity contribution is 5.71. The van der Waals surface area contributed by atoms with Crippen molar-refractivity contribution in [2.45, 2.75) is 25.3 Å². The van der Waals surface area contributed by atoms with Crippen LogP contribution in [0.2, 0.25) is 0 Å². The number of likely N-dealkylation sites (tertiary alicyclic amines) is 1. The molecule has 3 rings (SSSR count). The molecule has 2 aromatic rings. The molecule has 1 fully saturated rings. The lowest BCUT2D eigenvalue weighted by atomic mass is 9.97. The van der Waals surface area contributed by atoms with Crippen LogP contribution in [-0.4, -0.2) is 22.5 Å². The third-order valence-electron chi connectivity index (χ3n) is 3.75. The largest absolute Gasteiger partial charge is 0.415 e. The lowest BCUT2D eigenvalue weighted by Gasteiger charge is -2.34. The second-order valence-electron chi connectivity index (χ2n) is 5.17. The Morgan fingerprint density at radius 3 is 2.76 bits per heavy atom.